The highest BCUT2D eigenvalue weighted by atomic mass is 16.3. The first-order chi connectivity index (χ1) is 59.5. The molecule has 0 aliphatic heterocycles. The number of benzene rings is 17. The summed E-state index contributed by atoms with van der Waals surface area (Å²) in [7, 11) is 0. The summed E-state index contributed by atoms with van der Waals surface area (Å²) < 4.78 is 18.0. The quantitative estimate of drug-likeness (QED) is 0.0967. The van der Waals surface area contributed by atoms with Crippen molar-refractivity contribution in [2.24, 2.45) is 0 Å². The van der Waals surface area contributed by atoms with Gasteiger partial charge in [0.1, 0.15) is 22.3 Å². The summed E-state index contributed by atoms with van der Waals surface area (Å²) in [5.74, 6) is 0. The maximum atomic E-state index is 6.54. The van der Waals surface area contributed by atoms with Gasteiger partial charge in [0.15, 0.2) is 0 Å². The maximum absolute atomic E-state index is 6.54. The molecule has 0 amide bonds. The van der Waals surface area contributed by atoms with E-state index in [1.807, 2.05) is 18.2 Å². The van der Waals surface area contributed by atoms with Gasteiger partial charge >= 0.3 is 0 Å². The molecule has 0 saturated carbocycles. The smallest absolute Gasteiger partial charge is 0.137 e. The van der Waals surface area contributed by atoms with Crippen LogP contribution in [0, 0.1) is 0 Å². The lowest BCUT2D eigenvalue weighted by molar-refractivity contribution is 0.668. The lowest BCUT2D eigenvalue weighted by Crippen LogP contribution is -2.30. The molecular weight excluding hydrogens is 1460 g/mol. The molecule has 23 rings (SSSR count). The first-order valence-corrected chi connectivity index (χ1v) is 41.6. The molecule has 0 saturated heterocycles. The minimum absolute atomic E-state index is 0.0452. The van der Waals surface area contributed by atoms with Crippen molar-refractivity contribution in [3.8, 4) is 89.3 Å². The Morgan fingerprint density at radius 1 is 0.275 bits per heavy atom. The molecule has 0 radical (unpaired) electrons. The number of allylic oxidation sites excluding steroid dienone is 3. The van der Waals surface area contributed by atoms with Gasteiger partial charge in [-0.2, -0.15) is 0 Å². The summed E-state index contributed by atoms with van der Waals surface area (Å²) in [6, 6.07) is 146. The average molecular weight is 1540 g/mol. The van der Waals surface area contributed by atoms with Crippen molar-refractivity contribution in [2.75, 3.05) is 9.80 Å². The SMILES string of the molecule is C1=Cc2c(c3ccccc3n2-c2cc(-c3ccc(-c4ccc(-c5ccc(N(c6ccc7c(c6)oc6ccccc67)C6C=CC(c7ccc(-c8ccccc8-n8c9ccccc9c9ccccc98)cc7)=CC6)cc5)cc4)cc3)ccc2-c2ccc(-c3ccc(N(c4ccc5c(c4)oc4ccccc45)c4ccccc4-c4ccccc4)cc3)cc2)CC1. The molecule has 21 aromatic rings. The molecule has 0 fully saturated rings. The lowest BCUT2D eigenvalue weighted by Gasteiger charge is -2.33. The van der Waals surface area contributed by atoms with Crippen molar-refractivity contribution in [3.05, 3.63) is 442 Å². The standard InChI is InChI=1S/C114H78N4O2/c1-2-20-84(21-3-1)93-22-4-12-30-104(93)116(92-68-71-103-101-29-11-19-37-112(101)120-114(103)74-92)90-65-58-82(59-66-90)79-48-52-86(53-49-79)95-69-60-87(72-110(95)118-108-34-16-8-26-98(108)99-27-9-17-35-109(99)118)83-44-42-76(43-45-83)75-38-40-77(41-39-75)80-54-61-88(62-55-80)115(91-67-70-102-100-28-10-18-36-111(100)119-113(102)73-91)89-63-56-81(57-64-89)78-46-50-85(51-47-78)94-23-5-13-31-105(94)117-106-32-14-6-24-96(106)97-25-7-15-33-107(97)117/h1-8,10-26,28-63,65-74,89H,9,27,64H2. The normalized spacial score (nSPS) is 13.3. The van der Waals surface area contributed by atoms with Gasteiger partial charge < -0.3 is 27.8 Å². The highest BCUT2D eigenvalue weighted by Crippen LogP contribution is 2.47. The van der Waals surface area contributed by atoms with Gasteiger partial charge in [0.25, 0.3) is 0 Å². The second-order valence-corrected chi connectivity index (χ2v) is 31.6. The van der Waals surface area contributed by atoms with Crippen molar-refractivity contribution in [2.45, 2.75) is 25.3 Å². The molecule has 0 spiro atoms. The van der Waals surface area contributed by atoms with Crippen LogP contribution in [0.1, 0.15) is 29.7 Å². The number of fused-ring (bicyclic) bond motifs is 12. The Kier molecular flexibility index (Phi) is 17.1. The van der Waals surface area contributed by atoms with Gasteiger partial charge in [-0.1, -0.05) is 315 Å². The Labute approximate surface area is 695 Å². The van der Waals surface area contributed by atoms with E-state index in [1.165, 1.54) is 88.6 Å². The molecule has 6 heteroatoms. The molecule has 1 atom stereocenters. The Bertz CT molecular complexity index is 7590. The number of nitrogens with zero attached hydrogens (tertiary/aromatic N) is 4. The van der Waals surface area contributed by atoms with Gasteiger partial charge in [-0.3, -0.25) is 0 Å². The fraction of sp³-hybridized carbons (Fsp3) is 0.0351. The van der Waals surface area contributed by atoms with E-state index < -0.39 is 0 Å². The van der Waals surface area contributed by atoms with Gasteiger partial charge in [-0.25, -0.2) is 0 Å². The van der Waals surface area contributed by atoms with Crippen LogP contribution < -0.4 is 9.80 Å². The van der Waals surface area contributed by atoms with Gasteiger partial charge in [0.2, 0.25) is 0 Å². The summed E-state index contributed by atoms with van der Waals surface area (Å²) >= 11 is 0. The van der Waals surface area contributed by atoms with Crippen LogP contribution in [0.3, 0.4) is 0 Å². The van der Waals surface area contributed by atoms with E-state index in [1.54, 1.807) is 0 Å². The second kappa shape index (κ2) is 29.3. The van der Waals surface area contributed by atoms with Crippen molar-refractivity contribution >= 4 is 117 Å². The third-order valence-electron chi connectivity index (χ3n) is 24.8. The highest BCUT2D eigenvalue weighted by Gasteiger charge is 2.27. The van der Waals surface area contributed by atoms with E-state index in [9.17, 15) is 0 Å². The average Bonchev–Trinajstić information content (AvgIpc) is 1.59. The first kappa shape index (κ1) is 70.0. The minimum atomic E-state index is 0.0452. The number of anilines is 5. The van der Waals surface area contributed by atoms with Crippen LogP contribution in [0.5, 0.6) is 0 Å². The number of para-hydroxylation sites is 7. The number of hydrogen-bond acceptors (Lipinski definition) is 4. The molecule has 4 aromatic heterocycles. The highest BCUT2D eigenvalue weighted by molar-refractivity contribution is 6.11. The molecule has 0 N–H and O–H groups in total. The van der Waals surface area contributed by atoms with Crippen LogP contribution in [-0.4, -0.2) is 15.2 Å². The minimum Gasteiger partial charge on any atom is -0.456 e. The van der Waals surface area contributed by atoms with E-state index >= 15 is 0 Å². The molecule has 4 heterocycles. The molecule has 566 valence electrons. The number of aromatic nitrogens is 2. The summed E-state index contributed by atoms with van der Waals surface area (Å²) in [6.07, 6.45) is 14.6. The third-order valence-corrected chi connectivity index (χ3v) is 24.8. The number of hydrogen-bond donors (Lipinski definition) is 0. The largest absolute Gasteiger partial charge is 0.456 e. The van der Waals surface area contributed by atoms with Gasteiger partial charge in [-0.15, -0.1) is 0 Å². The van der Waals surface area contributed by atoms with E-state index in [4.69, 9.17) is 8.83 Å². The first-order valence-electron chi connectivity index (χ1n) is 41.6. The third kappa shape index (κ3) is 12.3. The van der Waals surface area contributed by atoms with E-state index in [0.29, 0.717) is 0 Å². The molecule has 1 unspecified atom stereocenters. The van der Waals surface area contributed by atoms with Gasteiger partial charge in [0.05, 0.1) is 39.7 Å². The summed E-state index contributed by atoms with van der Waals surface area (Å²) in [6.45, 7) is 0. The predicted octanol–water partition coefficient (Wildman–Crippen LogP) is 31.2. The van der Waals surface area contributed by atoms with Crippen LogP contribution >= 0.6 is 0 Å². The maximum Gasteiger partial charge on any atom is 0.137 e. The molecule has 120 heavy (non-hydrogen) atoms. The van der Waals surface area contributed by atoms with Crippen molar-refractivity contribution in [1.29, 1.82) is 0 Å². The fourth-order valence-electron chi connectivity index (χ4n) is 18.9. The van der Waals surface area contributed by atoms with Crippen molar-refractivity contribution < 1.29 is 8.83 Å². The van der Waals surface area contributed by atoms with Crippen LogP contribution in [0.15, 0.2) is 434 Å². The number of aryl methyl sites for hydroxylation is 1. The molecular formula is C114H78N4O2. The van der Waals surface area contributed by atoms with Crippen LogP contribution in [0.2, 0.25) is 0 Å². The number of furan rings is 2. The Balaban J connectivity index is 0.517. The van der Waals surface area contributed by atoms with Crippen molar-refractivity contribution in [1.82, 2.24) is 9.13 Å². The number of rotatable bonds is 16. The van der Waals surface area contributed by atoms with E-state index in [2.05, 4.69) is 431 Å². The molecule has 2 aliphatic rings. The molecule has 6 nitrogen and oxygen atoms in total. The Morgan fingerprint density at radius 2 is 0.700 bits per heavy atom. The topological polar surface area (TPSA) is 42.6 Å². The lowest BCUT2D eigenvalue weighted by atomic mass is 9.93. The monoisotopic (exact) mass is 1530 g/mol. The van der Waals surface area contributed by atoms with Gasteiger partial charge in [-0.05, 0) is 200 Å². The summed E-state index contributed by atoms with van der Waals surface area (Å²) in [5.41, 5.74) is 36.1. The molecule has 2 aliphatic carbocycles. The van der Waals surface area contributed by atoms with Crippen LogP contribution in [0.25, 0.3) is 177 Å². The zero-order chi connectivity index (χ0) is 79.1. The van der Waals surface area contributed by atoms with Crippen LogP contribution in [0.4, 0.5) is 28.4 Å². The van der Waals surface area contributed by atoms with Gasteiger partial charge in [0, 0.05) is 95.0 Å². The molecule has 17 aromatic carbocycles. The second-order valence-electron chi connectivity index (χ2n) is 31.6. The summed E-state index contributed by atoms with van der Waals surface area (Å²) in [5, 5.41) is 8.28. The molecule has 0 bridgehead atoms. The Hall–Kier alpha value is -15.5. The zero-order valence-corrected chi connectivity index (χ0v) is 65.8. The van der Waals surface area contributed by atoms with E-state index in [0.717, 1.165) is 147 Å². The van der Waals surface area contributed by atoms with Crippen LogP contribution in [-0.2, 0) is 6.42 Å². The van der Waals surface area contributed by atoms with E-state index in [-0.39, 0.29) is 6.04 Å². The zero-order valence-electron chi connectivity index (χ0n) is 65.8. The fourth-order valence-corrected chi connectivity index (χ4v) is 18.9. The summed E-state index contributed by atoms with van der Waals surface area (Å²) in [4.78, 5) is 4.83. The predicted molar refractivity (Wildman–Crippen MR) is 503 cm³/mol. The Morgan fingerprint density at radius 3 is 1.29 bits per heavy atom. The van der Waals surface area contributed by atoms with Crippen molar-refractivity contribution in [3.63, 3.8) is 0 Å².